The zero-order valence-corrected chi connectivity index (χ0v) is 21.9. The zero-order valence-electron chi connectivity index (χ0n) is 19.9. The van der Waals surface area contributed by atoms with Gasteiger partial charge in [0, 0.05) is 0 Å². The summed E-state index contributed by atoms with van der Waals surface area (Å²) >= 11 is 0. The fourth-order valence-electron chi connectivity index (χ4n) is 6.24. The van der Waals surface area contributed by atoms with Gasteiger partial charge in [-0.2, -0.15) is 0 Å². The molecule has 0 aliphatic heterocycles. The zero-order chi connectivity index (χ0) is 21.7. The maximum Gasteiger partial charge on any atom is 0.119 e. The van der Waals surface area contributed by atoms with E-state index in [-0.39, 0.29) is 0 Å². The number of unbranched alkanes of at least 4 members (excludes halogenated alkanes) is 2. The largest absolute Gasteiger partial charge is 0.119 e. The van der Waals surface area contributed by atoms with Gasteiger partial charge in [-0.15, -0.1) is 0 Å². The van der Waals surface area contributed by atoms with E-state index >= 15 is 0 Å². The summed E-state index contributed by atoms with van der Waals surface area (Å²) in [7, 11) is -3.18. The lowest BCUT2D eigenvalue weighted by atomic mass is 10.3. The van der Waals surface area contributed by atoms with Crippen LogP contribution in [0, 0.1) is 0 Å². The second-order valence-corrected chi connectivity index (χ2v) is 19.3. The molecule has 0 saturated carbocycles. The van der Waals surface area contributed by atoms with Gasteiger partial charge in [0.2, 0.25) is 0 Å². The van der Waals surface area contributed by atoms with Crippen LogP contribution in [-0.4, -0.2) is 16.1 Å². The Kier molecular flexibility index (Phi) is 7.18. The molecule has 0 aromatic carbocycles. The quantitative estimate of drug-likeness (QED) is 0.220. The van der Waals surface area contributed by atoms with Crippen LogP contribution in [0.5, 0.6) is 0 Å². The van der Waals surface area contributed by atoms with Gasteiger partial charge in [-0.05, 0) is 43.3 Å². The van der Waals surface area contributed by atoms with Crippen molar-refractivity contribution in [3.63, 3.8) is 0 Å². The molecule has 0 unspecified atom stereocenters. The molecule has 0 amide bonds. The first-order valence-corrected chi connectivity index (χ1v) is 17.6. The third kappa shape index (κ3) is 4.47. The second kappa shape index (κ2) is 9.87. The average molecular weight is 445 g/mol. The molecule has 0 spiro atoms. The van der Waals surface area contributed by atoms with Crippen molar-refractivity contribution in [1.82, 2.24) is 0 Å². The summed E-state index contributed by atoms with van der Waals surface area (Å²) in [5.74, 6) is 0. The molecular weight excluding hydrogens is 404 g/mol. The normalized spacial score (nSPS) is 20.1. The molecule has 164 valence electrons. The Balaban J connectivity index is 1.42. The van der Waals surface area contributed by atoms with E-state index in [1.54, 1.807) is 20.8 Å². The highest BCUT2D eigenvalue weighted by atomic mass is 28.3. The molecule has 0 fully saturated rings. The number of hydrogen-bond donors (Lipinski definition) is 0. The minimum atomic E-state index is -1.64. The first-order chi connectivity index (χ1) is 15.1. The molecule has 0 aromatic rings. The van der Waals surface area contributed by atoms with Crippen LogP contribution in [-0.2, 0) is 0 Å². The summed E-state index contributed by atoms with van der Waals surface area (Å²) < 4.78 is 0. The summed E-state index contributed by atoms with van der Waals surface area (Å²) in [6, 6.07) is 2.82. The van der Waals surface area contributed by atoms with Crippen LogP contribution in [0.25, 0.3) is 0 Å². The number of rotatable bonds is 11. The van der Waals surface area contributed by atoms with Crippen LogP contribution in [0.3, 0.4) is 0 Å². The van der Waals surface area contributed by atoms with Crippen LogP contribution in [0.15, 0.2) is 93.7 Å². The molecule has 0 N–H and O–H groups in total. The highest BCUT2D eigenvalue weighted by Gasteiger charge is 2.42. The van der Waals surface area contributed by atoms with Crippen molar-refractivity contribution in [3.8, 4) is 0 Å². The molecule has 0 heterocycles. The topological polar surface area (TPSA) is 0 Å². The average Bonchev–Trinajstić information content (AvgIpc) is 3.59. The molecule has 0 nitrogen and oxygen atoms in total. The van der Waals surface area contributed by atoms with E-state index in [0.29, 0.717) is 0 Å². The standard InChI is InChI=1S/C29H40Si2/c1-25(2)31(28-19-9-10-20-28,29-21-11-12-22-29)24-14-4-13-23-30(3,26-15-5-6-16-26)27-17-7-8-18-27/h5,7,9,11,15-22,25H,4,6,8,10,12-14,23-24H2,1-3H3. The van der Waals surface area contributed by atoms with Crippen LogP contribution in [0.1, 0.15) is 58.8 Å². The fourth-order valence-corrected chi connectivity index (χ4v) is 15.6. The van der Waals surface area contributed by atoms with Gasteiger partial charge in [0.15, 0.2) is 0 Å². The Morgan fingerprint density at radius 1 is 0.613 bits per heavy atom. The Morgan fingerprint density at radius 2 is 1.03 bits per heavy atom. The predicted octanol–water partition coefficient (Wildman–Crippen LogP) is 8.80. The third-order valence-corrected chi connectivity index (χ3v) is 18.7. The van der Waals surface area contributed by atoms with Crippen LogP contribution < -0.4 is 0 Å². The Hall–Kier alpha value is -1.65. The van der Waals surface area contributed by atoms with Crippen LogP contribution >= 0.6 is 0 Å². The second-order valence-electron chi connectivity index (χ2n) is 10.2. The van der Waals surface area contributed by atoms with Gasteiger partial charge < -0.3 is 0 Å². The third-order valence-electron chi connectivity index (χ3n) is 8.12. The van der Waals surface area contributed by atoms with E-state index in [9.17, 15) is 0 Å². The van der Waals surface area contributed by atoms with Gasteiger partial charge in [-0.3, -0.25) is 0 Å². The SMILES string of the molecule is CC(C)[Si](CCCCC[Si](C)(C1=CCC=C1)C1=CCC=C1)(C1=CCC=C1)C1=CCC=C1. The van der Waals surface area contributed by atoms with Crippen LogP contribution in [0.2, 0.25) is 24.2 Å². The van der Waals surface area contributed by atoms with Crippen molar-refractivity contribution >= 4 is 16.1 Å². The van der Waals surface area contributed by atoms with Gasteiger partial charge in [0.1, 0.15) is 16.1 Å². The summed E-state index contributed by atoms with van der Waals surface area (Å²) in [6.45, 7) is 7.60. The van der Waals surface area contributed by atoms with Crippen LogP contribution in [0.4, 0.5) is 0 Å². The molecule has 0 radical (unpaired) electrons. The van der Waals surface area contributed by atoms with E-state index in [2.05, 4.69) is 93.3 Å². The molecule has 4 aliphatic carbocycles. The molecule has 4 rings (SSSR count). The molecule has 2 heteroatoms. The van der Waals surface area contributed by atoms with Gasteiger partial charge in [0.25, 0.3) is 0 Å². The van der Waals surface area contributed by atoms with Crippen molar-refractivity contribution in [2.24, 2.45) is 0 Å². The summed E-state index contributed by atoms with van der Waals surface area (Å²) in [5.41, 5.74) is 0.762. The van der Waals surface area contributed by atoms with Gasteiger partial charge >= 0.3 is 0 Å². The Labute approximate surface area is 192 Å². The van der Waals surface area contributed by atoms with Gasteiger partial charge in [-0.1, -0.05) is 133 Å². The lowest BCUT2D eigenvalue weighted by molar-refractivity contribution is 0.749. The maximum absolute atomic E-state index is 2.62. The summed E-state index contributed by atoms with van der Waals surface area (Å²) in [6.07, 6.45) is 38.1. The summed E-state index contributed by atoms with van der Waals surface area (Å²) in [4.78, 5) is 0. The molecule has 31 heavy (non-hydrogen) atoms. The van der Waals surface area contributed by atoms with Crippen molar-refractivity contribution < 1.29 is 0 Å². The van der Waals surface area contributed by atoms with E-state index in [1.807, 2.05) is 0 Å². The Bertz CT molecular complexity index is 854. The minimum absolute atomic E-state index is 0.762. The highest BCUT2D eigenvalue weighted by molar-refractivity contribution is 6.95. The smallest absolute Gasteiger partial charge is 0.0811 e. The monoisotopic (exact) mass is 444 g/mol. The predicted molar refractivity (Wildman–Crippen MR) is 143 cm³/mol. The van der Waals surface area contributed by atoms with E-state index < -0.39 is 16.1 Å². The molecule has 0 atom stereocenters. The first kappa shape index (κ1) is 22.5. The minimum Gasteiger partial charge on any atom is -0.0811 e. The van der Waals surface area contributed by atoms with E-state index in [0.717, 1.165) is 31.2 Å². The first-order valence-electron chi connectivity index (χ1n) is 12.6. The van der Waals surface area contributed by atoms with Gasteiger partial charge in [0.05, 0.1) is 0 Å². The fraction of sp³-hybridized carbons (Fsp3) is 0.448. The number of hydrogen-bond acceptors (Lipinski definition) is 0. The molecule has 0 saturated heterocycles. The molecule has 4 aliphatic rings. The molecule has 0 bridgehead atoms. The lowest BCUT2D eigenvalue weighted by Crippen LogP contribution is -2.42. The Morgan fingerprint density at radius 3 is 1.42 bits per heavy atom. The van der Waals surface area contributed by atoms with Gasteiger partial charge in [-0.25, -0.2) is 0 Å². The van der Waals surface area contributed by atoms with Crippen molar-refractivity contribution in [1.29, 1.82) is 0 Å². The highest BCUT2D eigenvalue weighted by Crippen LogP contribution is 2.44. The van der Waals surface area contributed by atoms with E-state index in [1.165, 1.54) is 31.4 Å². The summed E-state index contributed by atoms with van der Waals surface area (Å²) in [5, 5.41) is 6.78. The number of allylic oxidation sites excluding steroid dienone is 16. The molecular formula is C29H40Si2. The molecule has 0 aromatic heterocycles. The van der Waals surface area contributed by atoms with Crippen molar-refractivity contribution in [2.45, 2.75) is 83.0 Å². The van der Waals surface area contributed by atoms with Crippen molar-refractivity contribution in [3.05, 3.63) is 93.7 Å². The van der Waals surface area contributed by atoms with E-state index in [4.69, 9.17) is 0 Å². The maximum atomic E-state index is 2.62. The lowest BCUT2D eigenvalue weighted by Gasteiger charge is -2.38. The van der Waals surface area contributed by atoms with Crippen molar-refractivity contribution in [2.75, 3.05) is 0 Å².